The lowest BCUT2D eigenvalue weighted by Gasteiger charge is -2.10. The van der Waals surface area contributed by atoms with Crippen LogP contribution in [-0.4, -0.2) is 24.1 Å². The van der Waals surface area contributed by atoms with Gasteiger partial charge in [-0.2, -0.15) is 0 Å². The molecular formula is C19H19BrN2O2. The van der Waals surface area contributed by atoms with Gasteiger partial charge >= 0.3 is 0 Å². The SMILES string of the molecule is COc1ccccc1CCNC(=O)Cn1ccc2c(Br)cccc21. The predicted octanol–water partition coefficient (Wildman–Crippen LogP) is 3.77. The third kappa shape index (κ3) is 3.62. The van der Waals surface area contributed by atoms with E-state index in [0.29, 0.717) is 13.1 Å². The van der Waals surface area contributed by atoms with Crippen molar-refractivity contribution in [1.82, 2.24) is 9.88 Å². The van der Waals surface area contributed by atoms with Gasteiger partial charge in [-0.25, -0.2) is 0 Å². The van der Waals surface area contributed by atoms with Crippen LogP contribution in [0.1, 0.15) is 5.56 Å². The second-order valence-electron chi connectivity index (χ2n) is 5.53. The first-order chi connectivity index (χ1) is 11.7. The minimum Gasteiger partial charge on any atom is -0.496 e. The van der Waals surface area contributed by atoms with Gasteiger partial charge in [0, 0.05) is 28.1 Å². The van der Waals surface area contributed by atoms with Crippen LogP contribution >= 0.6 is 15.9 Å². The zero-order valence-corrected chi connectivity index (χ0v) is 15.0. The van der Waals surface area contributed by atoms with Gasteiger partial charge in [0.2, 0.25) is 5.91 Å². The highest BCUT2D eigenvalue weighted by atomic mass is 79.9. The van der Waals surface area contributed by atoms with Gasteiger partial charge in [-0.1, -0.05) is 40.2 Å². The minimum atomic E-state index is 0.00220. The van der Waals surface area contributed by atoms with Crippen molar-refractivity contribution in [2.24, 2.45) is 0 Å². The molecule has 1 N–H and O–H groups in total. The van der Waals surface area contributed by atoms with Crippen LogP contribution < -0.4 is 10.1 Å². The van der Waals surface area contributed by atoms with Crippen LogP contribution in [-0.2, 0) is 17.8 Å². The number of halogens is 1. The van der Waals surface area contributed by atoms with Crippen LogP contribution in [0.15, 0.2) is 59.2 Å². The number of para-hydroxylation sites is 1. The lowest BCUT2D eigenvalue weighted by atomic mass is 10.1. The largest absolute Gasteiger partial charge is 0.496 e. The molecular weight excluding hydrogens is 368 g/mol. The van der Waals surface area contributed by atoms with E-state index in [-0.39, 0.29) is 5.91 Å². The van der Waals surface area contributed by atoms with Gasteiger partial charge in [-0.3, -0.25) is 4.79 Å². The standard InChI is InChI=1S/C19H19BrN2O2/c1-24-18-8-3-2-5-14(18)9-11-21-19(23)13-22-12-10-15-16(20)6-4-7-17(15)22/h2-8,10,12H,9,11,13H2,1H3,(H,21,23). The van der Waals surface area contributed by atoms with E-state index in [1.165, 1.54) is 0 Å². The fraction of sp³-hybridized carbons (Fsp3) is 0.211. The van der Waals surface area contributed by atoms with Crippen molar-refractivity contribution in [2.45, 2.75) is 13.0 Å². The van der Waals surface area contributed by atoms with Crippen LogP contribution in [0.5, 0.6) is 5.75 Å². The molecule has 124 valence electrons. The fourth-order valence-corrected chi connectivity index (χ4v) is 3.27. The van der Waals surface area contributed by atoms with E-state index in [4.69, 9.17) is 4.74 Å². The second kappa shape index (κ2) is 7.53. The predicted molar refractivity (Wildman–Crippen MR) is 99.3 cm³/mol. The van der Waals surface area contributed by atoms with Crippen LogP contribution in [0.4, 0.5) is 0 Å². The Balaban J connectivity index is 1.58. The number of nitrogens with one attached hydrogen (secondary N) is 1. The van der Waals surface area contributed by atoms with E-state index in [9.17, 15) is 4.79 Å². The maximum Gasteiger partial charge on any atom is 0.239 e. The van der Waals surface area contributed by atoms with Crippen LogP contribution in [0.2, 0.25) is 0 Å². The molecule has 4 nitrogen and oxygen atoms in total. The van der Waals surface area contributed by atoms with Crippen LogP contribution in [0.3, 0.4) is 0 Å². The molecule has 0 unspecified atom stereocenters. The van der Waals surface area contributed by atoms with Crippen molar-refractivity contribution in [3.05, 3.63) is 64.8 Å². The first-order valence-corrected chi connectivity index (χ1v) is 8.60. The summed E-state index contributed by atoms with van der Waals surface area (Å²) in [6.45, 7) is 0.897. The molecule has 0 atom stereocenters. The molecule has 3 aromatic rings. The van der Waals surface area contributed by atoms with Crippen molar-refractivity contribution < 1.29 is 9.53 Å². The topological polar surface area (TPSA) is 43.3 Å². The normalized spacial score (nSPS) is 10.8. The molecule has 1 heterocycles. The van der Waals surface area contributed by atoms with Crippen molar-refractivity contribution in [3.8, 4) is 5.75 Å². The van der Waals surface area contributed by atoms with Crippen molar-refractivity contribution >= 4 is 32.7 Å². The third-order valence-corrected chi connectivity index (χ3v) is 4.67. The Morgan fingerprint density at radius 2 is 2.00 bits per heavy atom. The van der Waals surface area contributed by atoms with Gasteiger partial charge in [0.25, 0.3) is 0 Å². The number of carbonyl (C=O) groups is 1. The Labute approximate surface area is 149 Å². The highest BCUT2D eigenvalue weighted by molar-refractivity contribution is 9.10. The highest BCUT2D eigenvalue weighted by Gasteiger charge is 2.08. The minimum absolute atomic E-state index is 0.00220. The van der Waals surface area contributed by atoms with E-state index in [1.54, 1.807) is 7.11 Å². The summed E-state index contributed by atoms with van der Waals surface area (Å²) in [6, 6.07) is 15.9. The molecule has 24 heavy (non-hydrogen) atoms. The summed E-state index contributed by atoms with van der Waals surface area (Å²) in [5.41, 5.74) is 2.14. The summed E-state index contributed by atoms with van der Waals surface area (Å²) >= 11 is 3.53. The molecule has 0 aliphatic heterocycles. The summed E-state index contributed by atoms with van der Waals surface area (Å²) in [7, 11) is 1.66. The molecule has 0 aliphatic rings. The number of rotatable bonds is 6. The lowest BCUT2D eigenvalue weighted by Crippen LogP contribution is -2.29. The zero-order chi connectivity index (χ0) is 16.9. The Hall–Kier alpha value is -2.27. The van der Waals surface area contributed by atoms with E-state index < -0.39 is 0 Å². The molecule has 0 spiro atoms. The number of carbonyl (C=O) groups excluding carboxylic acids is 1. The Morgan fingerprint density at radius 1 is 1.17 bits per heavy atom. The molecule has 0 bridgehead atoms. The number of amides is 1. The van der Waals surface area contributed by atoms with E-state index in [2.05, 4.69) is 21.2 Å². The molecule has 3 rings (SSSR count). The summed E-state index contributed by atoms with van der Waals surface area (Å²) in [5, 5.41) is 4.08. The van der Waals surface area contributed by atoms with E-state index in [0.717, 1.165) is 33.1 Å². The second-order valence-corrected chi connectivity index (χ2v) is 6.38. The van der Waals surface area contributed by atoms with E-state index in [1.807, 2.05) is 59.3 Å². The monoisotopic (exact) mass is 386 g/mol. The summed E-state index contributed by atoms with van der Waals surface area (Å²) in [5.74, 6) is 0.857. The average Bonchev–Trinajstić information content (AvgIpc) is 3.00. The number of hydrogen-bond donors (Lipinski definition) is 1. The first-order valence-electron chi connectivity index (χ1n) is 7.81. The van der Waals surface area contributed by atoms with Crippen molar-refractivity contribution in [3.63, 3.8) is 0 Å². The number of hydrogen-bond acceptors (Lipinski definition) is 2. The van der Waals surface area contributed by atoms with Gasteiger partial charge in [0.1, 0.15) is 12.3 Å². The average molecular weight is 387 g/mol. The Bertz CT molecular complexity index is 857. The summed E-state index contributed by atoms with van der Waals surface area (Å²) in [4.78, 5) is 12.2. The number of fused-ring (bicyclic) bond motifs is 1. The van der Waals surface area contributed by atoms with Crippen molar-refractivity contribution in [2.75, 3.05) is 13.7 Å². The molecule has 1 aromatic heterocycles. The van der Waals surface area contributed by atoms with E-state index >= 15 is 0 Å². The molecule has 0 saturated carbocycles. The van der Waals surface area contributed by atoms with Gasteiger partial charge in [0.15, 0.2) is 0 Å². The number of nitrogens with zero attached hydrogens (tertiary/aromatic N) is 1. The first kappa shape index (κ1) is 16.6. The number of aromatic nitrogens is 1. The maximum absolute atomic E-state index is 12.2. The van der Waals surface area contributed by atoms with Gasteiger partial charge < -0.3 is 14.6 Å². The summed E-state index contributed by atoms with van der Waals surface area (Å²) < 4.78 is 8.32. The molecule has 0 aliphatic carbocycles. The van der Waals surface area contributed by atoms with Crippen LogP contribution in [0.25, 0.3) is 10.9 Å². The lowest BCUT2D eigenvalue weighted by molar-refractivity contribution is -0.121. The van der Waals surface area contributed by atoms with Gasteiger partial charge in [-0.05, 0) is 36.2 Å². The molecule has 5 heteroatoms. The molecule has 0 radical (unpaired) electrons. The maximum atomic E-state index is 12.2. The van der Waals surface area contributed by atoms with Crippen molar-refractivity contribution in [1.29, 1.82) is 0 Å². The molecule has 0 saturated heterocycles. The molecule has 0 fully saturated rings. The third-order valence-electron chi connectivity index (χ3n) is 3.98. The number of ether oxygens (including phenoxy) is 1. The highest BCUT2D eigenvalue weighted by Crippen LogP contribution is 2.24. The number of methoxy groups -OCH3 is 1. The quantitative estimate of drug-likeness (QED) is 0.700. The zero-order valence-electron chi connectivity index (χ0n) is 13.5. The summed E-state index contributed by atoms with van der Waals surface area (Å²) in [6.07, 6.45) is 2.68. The molecule has 1 amide bonds. The fourth-order valence-electron chi connectivity index (χ4n) is 2.78. The Kier molecular flexibility index (Phi) is 5.20. The van der Waals surface area contributed by atoms with Gasteiger partial charge in [-0.15, -0.1) is 0 Å². The smallest absolute Gasteiger partial charge is 0.239 e. The molecule has 2 aromatic carbocycles. The van der Waals surface area contributed by atoms with Gasteiger partial charge in [0.05, 0.1) is 7.11 Å². The number of benzene rings is 2. The Morgan fingerprint density at radius 3 is 2.83 bits per heavy atom. The van der Waals surface area contributed by atoms with Crippen LogP contribution in [0, 0.1) is 0 Å².